The predicted octanol–water partition coefficient (Wildman–Crippen LogP) is 3.74. The zero-order chi connectivity index (χ0) is 19.4. The van der Waals surface area contributed by atoms with E-state index in [9.17, 15) is 15.2 Å². The third-order valence-corrected chi connectivity index (χ3v) is 4.16. The van der Waals surface area contributed by atoms with Gasteiger partial charge in [-0.05, 0) is 68.0 Å². The van der Waals surface area contributed by atoms with E-state index in [1.807, 2.05) is 42.7 Å². The van der Waals surface area contributed by atoms with Crippen LogP contribution in [0.1, 0.15) is 17.0 Å². The molecule has 0 spiro atoms. The van der Waals surface area contributed by atoms with Gasteiger partial charge in [0.2, 0.25) is 0 Å². The van der Waals surface area contributed by atoms with Gasteiger partial charge in [0.05, 0.1) is 11.9 Å². The molecule has 1 aromatic carbocycles. The molecule has 3 rings (SSSR count). The number of amides is 1. The summed E-state index contributed by atoms with van der Waals surface area (Å²) in [6.07, 6.45) is 5.04. The molecular weight excluding hydrogens is 340 g/mol. The number of nitrogens with zero attached hydrogens (tertiary/aromatic N) is 3. The Morgan fingerprint density at radius 1 is 1.26 bits per heavy atom. The number of hydrogen-bond acceptors (Lipinski definition) is 4. The quantitative estimate of drug-likeness (QED) is 0.422. The molecule has 134 valence electrons. The summed E-state index contributed by atoms with van der Waals surface area (Å²) in [6.45, 7) is 3.89. The first kappa shape index (κ1) is 18.0. The van der Waals surface area contributed by atoms with E-state index in [-0.39, 0.29) is 11.3 Å². The maximum Gasteiger partial charge on any atom is 0.266 e. The first-order valence-corrected chi connectivity index (χ1v) is 8.31. The Hall–Kier alpha value is -3.85. The number of rotatable bonds is 4. The average molecular weight is 358 g/mol. The van der Waals surface area contributed by atoms with Gasteiger partial charge < -0.3 is 15.0 Å². The molecule has 0 bridgehead atoms. The number of phenols is 1. The van der Waals surface area contributed by atoms with E-state index < -0.39 is 5.91 Å². The molecule has 0 unspecified atom stereocenters. The summed E-state index contributed by atoms with van der Waals surface area (Å²) in [4.78, 5) is 16.6. The van der Waals surface area contributed by atoms with Crippen LogP contribution < -0.4 is 5.32 Å². The first-order valence-electron chi connectivity index (χ1n) is 8.31. The van der Waals surface area contributed by atoms with Crippen LogP contribution in [0.15, 0.2) is 60.4 Å². The van der Waals surface area contributed by atoms with Crippen LogP contribution in [0.25, 0.3) is 11.8 Å². The lowest BCUT2D eigenvalue weighted by Gasteiger charge is -2.08. The fourth-order valence-corrected chi connectivity index (χ4v) is 2.86. The lowest BCUT2D eigenvalue weighted by Crippen LogP contribution is -2.13. The van der Waals surface area contributed by atoms with Crippen molar-refractivity contribution in [2.75, 3.05) is 5.32 Å². The number of hydrogen-bond donors (Lipinski definition) is 2. The minimum atomic E-state index is -0.505. The largest absolute Gasteiger partial charge is 0.508 e. The zero-order valence-electron chi connectivity index (χ0n) is 15.0. The summed E-state index contributed by atoms with van der Waals surface area (Å²) in [7, 11) is 0. The van der Waals surface area contributed by atoms with Crippen LogP contribution in [0, 0.1) is 25.2 Å². The number of anilines is 1. The van der Waals surface area contributed by atoms with E-state index in [4.69, 9.17) is 0 Å². The molecule has 27 heavy (non-hydrogen) atoms. The van der Waals surface area contributed by atoms with Gasteiger partial charge in [0, 0.05) is 23.3 Å². The lowest BCUT2D eigenvalue weighted by atomic mass is 10.1. The summed E-state index contributed by atoms with van der Waals surface area (Å²) < 4.78 is 2.02. The van der Waals surface area contributed by atoms with Crippen LogP contribution in [0.2, 0.25) is 0 Å². The van der Waals surface area contributed by atoms with E-state index >= 15 is 0 Å². The molecule has 2 aromatic heterocycles. The monoisotopic (exact) mass is 358 g/mol. The second-order valence-electron chi connectivity index (χ2n) is 6.04. The van der Waals surface area contributed by atoms with Gasteiger partial charge in [-0.25, -0.2) is 0 Å². The number of carbonyl (C=O) groups is 1. The molecule has 2 heterocycles. The standard InChI is InChI=1S/C21H18N4O2/c1-14-10-16(15(2)25(14)19-4-3-9-23-13-19)11-17(12-22)21(27)24-18-5-7-20(26)8-6-18/h3-11,13,26H,1-2H3,(H,24,27). The van der Waals surface area contributed by atoms with Crippen LogP contribution in [-0.4, -0.2) is 20.6 Å². The predicted molar refractivity (Wildman–Crippen MR) is 103 cm³/mol. The Morgan fingerprint density at radius 2 is 2.00 bits per heavy atom. The molecule has 0 aliphatic rings. The van der Waals surface area contributed by atoms with Crippen LogP contribution in [0.3, 0.4) is 0 Å². The van der Waals surface area contributed by atoms with Crippen molar-refractivity contribution in [3.63, 3.8) is 0 Å². The molecule has 0 saturated heterocycles. The van der Waals surface area contributed by atoms with E-state index in [2.05, 4.69) is 10.3 Å². The van der Waals surface area contributed by atoms with Gasteiger partial charge in [-0.3, -0.25) is 9.78 Å². The van der Waals surface area contributed by atoms with Gasteiger partial charge in [-0.2, -0.15) is 5.26 Å². The second-order valence-corrected chi connectivity index (χ2v) is 6.04. The lowest BCUT2D eigenvalue weighted by molar-refractivity contribution is -0.112. The highest BCUT2D eigenvalue weighted by Crippen LogP contribution is 2.23. The van der Waals surface area contributed by atoms with Crippen LogP contribution in [0.4, 0.5) is 5.69 Å². The smallest absolute Gasteiger partial charge is 0.266 e. The Kier molecular flexibility index (Phi) is 5.04. The summed E-state index contributed by atoms with van der Waals surface area (Å²) in [6, 6.07) is 13.7. The van der Waals surface area contributed by atoms with E-state index in [0.29, 0.717) is 5.69 Å². The number of aryl methyl sites for hydroxylation is 1. The second kappa shape index (κ2) is 7.58. The number of nitrogens with one attached hydrogen (secondary N) is 1. The minimum Gasteiger partial charge on any atom is -0.508 e. The fraction of sp³-hybridized carbons (Fsp3) is 0.0952. The number of carbonyl (C=O) groups excluding carboxylic acids is 1. The van der Waals surface area contributed by atoms with Gasteiger partial charge in [0.1, 0.15) is 17.4 Å². The Bertz CT molecular complexity index is 1040. The highest BCUT2D eigenvalue weighted by molar-refractivity contribution is 6.09. The number of phenolic OH excluding ortho intramolecular Hbond substituents is 1. The molecule has 0 saturated carbocycles. The molecule has 0 fully saturated rings. The van der Waals surface area contributed by atoms with E-state index in [1.165, 1.54) is 12.1 Å². The maximum absolute atomic E-state index is 12.4. The number of pyridine rings is 1. The van der Waals surface area contributed by atoms with Gasteiger partial charge in [0.15, 0.2) is 0 Å². The Balaban J connectivity index is 1.91. The van der Waals surface area contributed by atoms with Crippen molar-refractivity contribution in [1.29, 1.82) is 5.26 Å². The highest BCUT2D eigenvalue weighted by atomic mass is 16.3. The summed E-state index contributed by atoms with van der Waals surface area (Å²) in [5.74, 6) is -0.402. The number of aromatic hydroxyl groups is 1. The fourth-order valence-electron chi connectivity index (χ4n) is 2.86. The van der Waals surface area contributed by atoms with E-state index in [0.717, 1.165) is 22.6 Å². The topological polar surface area (TPSA) is 90.9 Å². The zero-order valence-corrected chi connectivity index (χ0v) is 15.0. The molecule has 1 amide bonds. The maximum atomic E-state index is 12.4. The van der Waals surface area contributed by atoms with E-state index in [1.54, 1.807) is 30.6 Å². The van der Waals surface area contributed by atoms with Gasteiger partial charge in [0.25, 0.3) is 5.91 Å². The van der Waals surface area contributed by atoms with Gasteiger partial charge >= 0.3 is 0 Å². The molecule has 0 aliphatic heterocycles. The minimum absolute atomic E-state index is 0.00508. The number of aromatic nitrogens is 2. The molecule has 6 nitrogen and oxygen atoms in total. The molecule has 6 heteroatoms. The SMILES string of the molecule is Cc1cc(C=C(C#N)C(=O)Nc2ccc(O)cc2)c(C)n1-c1cccnc1. The van der Waals surface area contributed by atoms with Crippen LogP contribution >= 0.6 is 0 Å². The van der Waals surface area contributed by atoms with Crippen LogP contribution in [-0.2, 0) is 4.79 Å². The molecule has 2 N–H and O–H groups in total. The molecule has 0 aliphatic carbocycles. The van der Waals surface area contributed by atoms with Crippen molar-refractivity contribution in [3.8, 4) is 17.5 Å². The molecule has 0 atom stereocenters. The third-order valence-electron chi connectivity index (χ3n) is 4.16. The molecule has 0 radical (unpaired) electrons. The highest BCUT2D eigenvalue weighted by Gasteiger charge is 2.14. The summed E-state index contributed by atoms with van der Waals surface area (Å²) in [5, 5.41) is 21.4. The molecular formula is C21H18N4O2. The van der Waals surface area contributed by atoms with Crippen molar-refractivity contribution < 1.29 is 9.90 Å². The van der Waals surface area contributed by atoms with Gasteiger partial charge in [-0.15, -0.1) is 0 Å². The van der Waals surface area contributed by atoms with Crippen molar-refractivity contribution in [1.82, 2.24) is 9.55 Å². The van der Waals surface area contributed by atoms with Crippen molar-refractivity contribution in [2.24, 2.45) is 0 Å². The van der Waals surface area contributed by atoms with Crippen molar-refractivity contribution in [3.05, 3.63) is 77.4 Å². The van der Waals surface area contributed by atoms with Crippen molar-refractivity contribution in [2.45, 2.75) is 13.8 Å². The summed E-state index contributed by atoms with van der Waals surface area (Å²) >= 11 is 0. The number of benzene rings is 1. The van der Waals surface area contributed by atoms with Gasteiger partial charge in [-0.1, -0.05) is 0 Å². The van der Waals surface area contributed by atoms with Crippen molar-refractivity contribution >= 4 is 17.7 Å². The Morgan fingerprint density at radius 3 is 2.63 bits per heavy atom. The molecule has 3 aromatic rings. The Labute approximate surface area is 157 Å². The van der Waals surface area contributed by atoms with Crippen LogP contribution in [0.5, 0.6) is 5.75 Å². The summed E-state index contributed by atoms with van der Waals surface area (Å²) in [5.41, 5.74) is 4.08. The third kappa shape index (κ3) is 3.88. The normalized spacial score (nSPS) is 11.1. The first-order chi connectivity index (χ1) is 13.0. The number of nitriles is 1. The average Bonchev–Trinajstić information content (AvgIpc) is 2.95.